The molecular formula is C13H15NO6S. The zero-order valence-electron chi connectivity index (χ0n) is 11.8. The van der Waals surface area contributed by atoms with Crippen LogP contribution in [0.15, 0.2) is 28.3 Å². The van der Waals surface area contributed by atoms with Gasteiger partial charge in [-0.1, -0.05) is 5.16 Å². The smallest absolute Gasteiger partial charge is 0.335 e. The molecule has 1 heterocycles. The first-order valence-electron chi connectivity index (χ1n) is 6.04. The van der Waals surface area contributed by atoms with Crippen LogP contribution in [0.1, 0.15) is 29.3 Å². The minimum Gasteiger partial charge on any atom is -0.478 e. The highest BCUT2D eigenvalue weighted by Gasteiger charge is 2.36. The third-order valence-electron chi connectivity index (χ3n) is 3.21. The molecule has 1 unspecified atom stereocenters. The number of nitrogens with zero attached hydrogens (tertiary/aromatic N) is 1. The lowest BCUT2D eigenvalue weighted by atomic mass is 10.0. The van der Waals surface area contributed by atoms with Crippen molar-refractivity contribution in [3.8, 4) is 0 Å². The molecule has 114 valence electrons. The highest BCUT2D eigenvalue weighted by Crippen LogP contribution is 2.30. The molecule has 0 fully saturated rings. The lowest BCUT2D eigenvalue weighted by Gasteiger charge is -2.18. The summed E-state index contributed by atoms with van der Waals surface area (Å²) in [6.07, 6.45) is 1.27. The van der Waals surface area contributed by atoms with E-state index in [1.165, 1.54) is 25.3 Å². The van der Waals surface area contributed by atoms with Crippen molar-refractivity contribution in [2.45, 2.75) is 24.0 Å². The van der Waals surface area contributed by atoms with Crippen LogP contribution in [-0.4, -0.2) is 44.4 Å². The Labute approximate surface area is 122 Å². The van der Waals surface area contributed by atoms with Gasteiger partial charge in [0, 0.05) is 25.9 Å². The van der Waals surface area contributed by atoms with Gasteiger partial charge in [-0.2, -0.15) is 0 Å². The molecule has 1 atom stereocenters. The number of sulfone groups is 1. The minimum atomic E-state index is -3.53. The van der Waals surface area contributed by atoms with E-state index in [1.807, 2.05) is 0 Å². The number of carbonyl (C=O) groups is 1. The number of benzene rings is 1. The Morgan fingerprint density at radius 3 is 2.62 bits per heavy atom. The summed E-state index contributed by atoms with van der Waals surface area (Å²) in [6, 6.07) is 3.79. The summed E-state index contributed by atoms with van der Waals surface area (Å²) in [5.41, 5.74) is 0.534. The van der Waals surface area contributed by atoms with E-state index in [0.29, 0.717) is 5.71 Å². The second-order valence-electron chi connectivity index (χ2n) is 4.93. The van der Waals surface area contributed by atoms with Crippen molar-refractivity contribution in [2.75, 3.05) is 13.4 Å². The van der Waals surface area contributed by atoms with Crippen molar-refractivity contribution in [1.82, 2.24) is 0 Å². The fourth-order valence-electron chi connectivity index (χ4n) is 1.99. The number of carboxylic acids is 1. The monoisotopic (exact) mass is 313 g/mol. The van der Waals surface area contributed by atoms with Crippen molar-refractivity contribution >= 4 is 21.5 Å². The van der Waals surface area contributed by atoms with E-state index in [9.17, 15) is 13.2 Å². The van der Waals surface area contributed by atoms with Crippen LogP contribution in [-0.2, 0) is 19.4 Å². The van der Waals surface area contributed by atoms with Gasteiger partial charge in [0.05, 0.1) is 22.6 Å². The van der Waals surface area contributed by atoms with Crippen molar-refractivity contribution in [1.29, 1.82) is 0 Å². The van der Waals surface area contributed by atoms with Gasteiger partial charge in [-0.05, 0) is 18.2 Å². The molecule has 1 N–H and O–H groups in total. The number of carboxylic acid groups (broad SMARTS) is 1. The number of hydrogen-bond acceptors (Lipinski definition) is 6. The van der Waals surface area contributed by atoms with Gasteiger partial charge in [0.2, 0.25) is 5.79 Å². The van der Waals surface area contributed by atoms with Gasteiger partial charge >= 0.3 is 5.97 Å². The molecule has 1 aromatic carbocycles. The largest absolute Gasteiger partial charge is 0.478 e. The number of hydrogen-bond donors (Lipinski definition) is 1. The topological polar surface area (TPSA) is 102 Å². The van der Waals surface area contributed by atoms with Crippen LogP contribution in [0.3, 0.4) is 0 Å². The summed E-state index contributed by atoms with van der Waals surface area (Å²) < 4.78 is 28.8. The molecule has 0 amide bonds. The molecular weight excluding hydrogens is 298 g/mol. The number of oxime groups is 1. The molecule has 7 nitrogen and oxygen atoms in total. The lowest BCUT2D eigenvalue weighted by molar-refractivity contribution is -0.192. The normalized spacial score (nSPS) is 21.8. The number of aromatic carboxylic acids is 1. The van der Waals surface area contributed by atoms with E-state index in [0.717, 1.165) is 6.26 Å². The highest BCUT2D eigenvalue weighted by molar-refractivity contribution is 7.90. The third-order valence-corrected chi connectivity index (χ3v) is 4.36. The SMILES string of the molecule is COC1(C)CC(c2cc(C(=O)O)ccc2S(C)(=O)=O)=NO1. The number of rotatable bonds is 4. The van der Waals surface area contributed by atoms with Gasteiger partial charge in [0.15, 0.2) is 9.84 Å². The van der Waals surface area contributed by atoms with Gasteiger partial charge in [-0.15, -0.1) is 0 Å². The van der Waals surface area contributed by atoms with Crippen LogP contribution < -0.4 is 0 Å². The zero-order chi connectivity index (χ0) is 15.8. The molecule has 0 saturated carbocycles. The molecule has 1 aromatic rings. The lowest BCUT2D eigenvalue weighted by Crippen LogP contribution is -2.27. The molecule has 1 aliphatic heterocycles. The van der Waals surface area contributed by atoms with E-state index in [4.69, 9.17) is 14.7 Å². The Kier molecular flexibility index (Phi) is 3.77. The van der Waals surface area contributed by atoms with E-state index < -0.39 is 21.6 Å². The van der Waals surface area contributed by atoms with Crippen molar-refractivity contribution < 1.29 is 27.9 Å². The summed E-state index contributed by atoms with van der Waals surface area (Å²) >= 11 is 0. The first kappa shape index (κ1) is 15.5. The van der Waals surface area contributed by atoms with Crippen LogP contribution in [0.5, 0.6) is 0 Å². The average Bonchev–Trinajstić information content (AvgIpc) is 2.80. The second-order valence-corrected chi connectivity index (χ2v) is 6.92. The molecule has 0 bridgehead atoms. The van der Waals surface area contributed by atoms with Gasteiger partial charge in [-0.3, -0.25) is 0 Å². The zero-order valence-corrected chi connectivity index (χ0v) is 12.6. The quantitative estimate of drug-likeness (QED) is 0.898. The molecule has 0 radical (unpaired) electrons. The molecule has 0 aliphatic carbocycles. The van der Waals surface area contributed by atoms with Crippen molar-refractivity contribution in [3.05, 3.63) is 29.3 Å². The Morgan fingerprint density at radius 1 is 1.48 bits per heavy atom. The van der Waals surface area contributed by atoms with Gasteiger partial charge < -0.3 is 14.7 Å². The number of methoxy groups -OCH3 is 1. The van der Waals surface area contributed by atoms with E-state index in [-0.39, 0.29) is 22.4 Å². The first-order valence-corrected chi connectivity index (χ1v) is 7.93. The standard InChI is InChI=1S/C13H15NO6S/c1-13(19-2)7-10(14-20-13)9-6-8(12(15)16)4-5-11(9)21(3,17)18/h4-6H,7H2,1-3H3,(H,15,16). The summed E-state index contributed by atoms with van der Waals surface area (Å²) in [5, 5.41) is 12.9. The second kappa shape index (κ2) is 5.12. The van der Waals surface area contributed by atoms with Gasteiger partial charge in [-0.25, -0.2) is 13.2 Å². The minimum absolute atomic E-state index is 0.00945. The summed E-state index contributed by atoms with van der Waals surface area (Å²) in [5.74, 6) is -2.13. The van der Waals surface area contributed by atoms with Crippen LogP contribution in [0.2, 0.25) is 0 Å². The first-order chi connectivity index (χ1) is 9.66. The molecule has 21 heavy (non-hydrogen) atoms. The maximum absolute atomic E-state index is 11.8. The Balaban J connectivity index is 2.56. The molecule has 0 saturated heterocycles. The van der Waals surface area contributed by atoms with Crippen LogP contribution >= 0.6 is 0 Å². The Hall–Kier alpha value is -1.93. The predicted octanol–water partition coefficient (Wildman–Crippen LogP) is 1.28. The van der Waals surface area contributed by atoms with Crippen LogP contribution in [0.4, 0.5) is 0 Å². The molecule has 0 spiro atoms. The molecule has 0 aromatic heterocycles. The average molecular weight is 313 g/mol. The van der Waals surface area contributed by atoms with Crippen molar-refractivity contribution in [3.63, 3.8) is 0 Å². The highest BCUT2D eigenvalue weighted by atomic mass is 32.2. The summed E-state index contributed by atoms with van der Waals surface area (Å²) in [6.45, 7) is 1.66. The molecule has 8 heteroatoms. The number of ether oxygens (including phenoxy) is 1. The summed E-state index contributed by atoms with van der Waals surface area (Å²) in [4.78, 5) is 16.2. The fourth-order valence-corrected chi connectivity index (χ4v) is 2.88. The van der Waals surface area contributed by atoms with E-state index in [1.54, 1.807) is 6.92 Å². The maximum Gasteiger partial charge on any atom is 0.335 e. The Bertz CT molecular complexity index is 724. The molecule has 2 rings (SSSR count). The van der Waals surface area contributed by atoms with E-state index >= 15 is 0 Å². The van der Waals surface area contributed by atoms with Crippen LogP contribution in [0.25, 0.3) is 0 Å². The maximum atomic E-state index is 11.8. The fraction of sp³-hybridized carbons (Fsp3) is 0.385. The van der Waals surface area contributed by atoms with Gasteiger partial charge in [0.25, 0.3) is 0 Å². The Morgan fingerprint density at radius 2 is 2.14 bits per heavy atom. The van der Waals surface area contributed by atoms with Crippen molar-refractivity contribution in [2.24, 2.45) is 5.16 Å². The third kappa shape index (κ3) is 3.06. The predicted molar refractivity (Wildman–Crippen MR) is 74.2 cm³/mol. The summed E-state index contributed by atoms with van der Waals surface area (Å²) in [7, 11) is -2.08. The van der Waals surface area contributed by atoms with Crippen LogP contribution in [0, 0.1) is 0 Å². The molecule has 1 aliphatic rings. The van der Waals surface area contributed by atoms with E-state index in [2.05, 4.69) is 5.16 Å². The van der Waals surface area contributed by atoms with Gasteiger partial charge in [0.1, 0.15) is 0 Å².